The van der Waals surface area contributed by atoms with Crippen molar-refractivity contribution in [3.8, 4) is 0 Å². The van der Waals surface area contributed by atoms with Crippen molar-refractivity contribution in [1.29, 1.82) is 0 Å². The predicted molar refractivity (Wildman–Crippen MR) is 88.6 cm³/mol. The molecule has 0 heterocycles. The highest BCUT2D eigenvalue weighted by molar-refractivity contribution is 9.10. The van der Waals surface area contributed by atoms with Crippen LogP contribution in [0.15, 0.2) is 46.9 Å². The first-order valence-corrected chi connectivity index (χ1v) is 7.34. The van der Waals surface area contributed by atoms with E-state index in [1.807, 2.05) is 24.3 Å². The summed E-state index contributed by atoms with van der Waals surface area (Å²) >= 11 is 8.39. The molecule has 0 fully saturated rings. The van der Waals surface area contributed by atoms with Gasteiger partial charge in [0.2, 0.25) is 0 Å². The monoisotopic (exact) mass is 352 g/mol. The van der Waals surface area contributed by atoms with E-state index in [-0.39, 0.29) is 5.82 Å². The first-order valence-electron chi connectivity index (χ1n) is 6.14. The Kier molecular flexibility index (Phi) is 5.09. The number of hydrogen-bond donors (Lipinski definition) is 2. The predicted octanol–water partition coefficient (Wildman–Crippen LogP) is 3.88. The van der Waals surface area contributed by atoms with Crippen LogP contribution >= 0.6 is 28.1 Å². The molecule has 2 aromatic rings. The van der Waals surface area contributed by atoms with Crippen LogP contribution < -0.4 is 11.1 Å². The van der Waals surface area contributed by atoms with Crippen LogP contribution in [0.25, 0.3) is 0 Å². The summed E-state index contributed by atoms with van der Waals surface area (Å²) in [5, 5.41) is 3.26. The van der Waals surface area contributed by atoms with Gasteiger partial charge in [-0.15, -0.1) is 0 Å². The second-order valence-corrected chi connectivity index (χ2v) is 5.62. The molecule has 0 saturated carbocycles. The molecule has 5 heteroatoms. The third-order valence-electron chi connectivity index (χ3n) is 2.92. The Labute approximate surface area is 131 Å². The normalized spacial score (nSPS) is 10.3. The molecule has 3 N–H and O–H groups in total. The maximum atomic E-state index is 13.5. The summed E-state index contributed by atoms with van der Waals surface area (Å²) < 4.78 is 14.4. The molecule has 0 aromatic heterocycles. The lowest BCUT2D eigenvalue weighted by atomic mass is 10.1. The minimum Gasteiger partial charge on any atom is -0.389 e. The fourth-order valence-corrected chi connectivity index (χ4v) is 2.49. The van der Waals surface area contributed by atoms with Gasteiger partial charge < -0.3 is 11.1 Å². The fourth-order valence-electron chi connectivity index (χ4n) is 1.84. The van der Waals surface area contributed by atoms with Crippen LogP contribution in [0.5, 0.6) is 0 Å². The minimum absolute atomic E-state index is 0.169. The Morgan fingerprint density at radius 3 is 2.65 bits per heavy atom. The lowest BCUT2D eigenvalue weighted by molar-refractivity contribution is 0.610. The number of halogens is 2. The van der Waals surface area contributed by atoms with Gasteiger partial charge in [-0.2, -0.15) is 0 Å². The summed E-state index contributed by atoms with van der Waals surface area (Å²) in [6.07, 6.45) is 0.621. The van der Waals surface area contributed by atoms with Gasteiger partial charge in [-0.05, 0) is 52.2 Å². The van der Waals surface area contributed by atoms with Crippen molar-refractivity contribution in [3.05, 3.63) is 63.9 Å². The van der Waals surface area contributed by atoms with Crippen LogP contribution in [-0.2, 0) is 6.42 Å². The quantitative estimate of drug-likeness (QED) is 0.802. The van der Waals surface area contributed by atoms with Gasteiger partial charge in [-0.25, -0.2) is 4.39 Å². The molecule has 2 aromatic carbocycles. The second-order valence-electron chi connectivity index (χ2n) is 4.33. The molecule has 2 rings (SSSR count). The molecular formula is C15H14BrFN2S. The van der Waals surface area contributed by atoms with Crippen molar-refractivity contribution >= 4 is 38.8 Å². The summed E-state index contributed by atoms with van der Waals surface area (Å²) in [6, 6.07) is 12.4. The number of anilines is 1. The number of nitrogens with one attached hydrogen (secondary N) is 1. The van der Waals surface area contributed by atoms with Gasteiger partial charge in [0, 0.05) is 22.3 Å². The molecule has 0 aliphatic carbocycles. The van der Waals surface area contributed by atoms with Crippen molar-refractivity contribution < 1.29 is 4.39 Å². The van der Waals surface area contributed by atoms with Gasteiger partial charge >= 0.3 is 0 Å². The Morgan fingerprint density at radius 1 is 1.25 bits per heavy atom. The smallest absolute Gasteiger partial charge is 0.126 e. The summed E-state index contributed by atoms with van der Waals surface area (Å²) in [4.78, 5) is 0.364. The zero-order valence-corrected chi connectivity index (χ0v) is 13.1. The Bertz CT molecular complexity index is 631. The summed E-state index contributed by atoms with van der Waals surface area (Å²) in [5.41, 5.74) is 8.02. The molecule has 0 atom stereocenters. The molecule has 0 aliphatic heterocycles. The van der Waals surface area contributed by atoms with Gasteiger partial charge in [0.05, 0.1) is 0 Å². The number of hydrogen-bond acceptors (Lipinski definition) is 2. The molecule has 0 bridgehead atoms. The number of thiocarbonyl (C=S) groups is 1. The van der Waals surface area contributed by atoms with Gasteiger partial charge in [0.25, 0.3) is 0 Å². The molecule has 104 valence electrons. The van der Waals surface area contributed by atoms with E-state index in [2.05, 4.69) is 21.2 Å². The summed E-state index contributed by atoms with van der Waals surface area (Å²) in [6.45, 7) is 0.645. The van der Waals surface area contributed by atoms with E-state index in [4.69, 9.17) is 18.0 Å². The van der Waals surface area contributed by atoms with Crippen molar-refractivity contribution in [2.24, 2.45) is 5.73 Å². The molecular weight excluding hydrogens is 339 g/mol. The van der Waals surface area contributed by atoms with Crippen LogP contribution in [0.4, 0.5) is 10.1 Å². The largest absolute Gasteiger partial charge is 0.389 e. The van der Waals surface area contributed by atoms with E-state index in [1.165, 1.54) is 6.07 Å². The molecule has 20 heavy (non-hydrogen) atoms. The van der Waals surface area contributed by atoms with E-state index in [0.717, 1.165) is 15.7 Å². The van der Waals surface area contributed by atoms with Gasteiger partial charge in [-0.3, -0.25) is 0 Å². The van der Waals surface area contributed by atoms with Crippen molar-refractivity contribution in [3.63, 3.8) is 0 Å². The average Bonchev–Trinajstić information content (AvgIpc) is 2.42. The number of benzene rings is 2. The van der Waals surface area contributed by atoms with Gasteiger partial charge in [-0.1, -0.05) is 30.4 Å². The molecule has 2 nitrogen and oxygen atoms in total. The molecule has 0 spiro atoms. The minimum atomic E-state index is -0.169. The molecule has 0 radical (unpaired) electrons. The topological polar surface area (TPSA) is 38.0 Å². The summed E-state index contributed by atoms with van der Waals surface area (Å²) in [5.74, 6) is -0.169. The van der Waals surface area contributed by atoms with Gasteiger partial charge in [0.1, 0.15) is 10.8 Å². The number of rotatable bonds is 5. The Hall–Kier alpha value is -1.46. The highest BCUT2D eigenvalue weighted by atomic mass is 79.9. The molecule has 0 saturated heterocycles. The zero-order valence-electron chi connectivity index (χ0n) is 10.7. The van der Waals surface area contributed by atoms with Crippen molar-refractivity contribution in [2.75, 3.05) is 11.9 Å². The first-order chi connectivity index (χ1) is 9.58. The van der Waals surface area contributed by atoms with E-state index in [1.54, 1.807) is 12.1 Å². The lowest BCUT2D eigenvalue weighted by Crippen LogP contribution is -2.10. The van der Waals surface area contributed by atoms with Crippen LogP contribution in [0.1, 0.15) is 11.1 Å². The van der Waals surface area contributed by atoms with E-state index in [9.17, 15) is 4.39 Å². The molecule has 0 amide bonds. The fraction of sp³-hybridized carbons (Fsp3) is 0.133. The SMILES string of the molecule is NC(=S)c1ccc(NCCc2ccccc2F)c(Br)c1. The average molecular weight is 353 g/mol. The van der Waals surface area contributed by atoms with E-state index < -0.39 is 0 Å². The lowest BCUT2D eigenvalue weighted by Gasteiger charge is -2.10. The maximum absolute atomic E-state index is 13.5. The Morgan fingerprint density at radius 2 is 2.00 bits per heavy atom. The number of nitrogens with two attached hydrogens (primary N) is 1. The van der Waals surface area contributed by atoms with Crippen molar-refractivity contribution in [2.45, 2.75) is 6.42 Å². The standard InChI is InChI=1S/C15H14BrFN2S/c16-12-9-11(15(18)20)5-6-14(12)19-8-7-10-3-1-2-4-13(10)17/h1-6,9,19H,7-8H2,(H2,18,20). The first kappa shape index (κ1) is 14.9. The molecule has 0 aliphatic rings. The second kappa shape index (κ2) is 6.81. The highest BCUT2D eigenvalue weighted by Gasteiger charge is 2.04. The molecule has 0 unspecified atom stereocenters. The van der Waals surface area contributed by atoms with Crippen LogP contribution in [0, 0.1) is 5.82 Å². The van der Waals surface area contributed by atoms with Gasteiger partial charge in [0.15, 0.2) is 0 Å². The highest BCUT2D eigenvalue weighted by Crippen LogP contribution is 2.23. The van der Waals surface area contributed by atoms with E-state index >= 15 is 0 Å². The third kappa shape index (κ3) is 3.77. The summed E-state index contributed by atoms with van der Waals surface area (Å²) in [7, 11) is 0. The third-order valence-corrected chi connectivity index (χ3v) is 3.81. The van der Waals surface area contributed by atoms with Crippen LogP contribution in [0.3, 0.4) is 0 Å². The van der Waals surface area contributed by atoms with Crippen molar-refractivity contribution in [1.82, 2.24) is 0 Å². The maximum Gasteiger partial charge on any atom is 0.126 e. The Balaban J connectivity index is 1.98. The van der Waals surface area contributed by atoms with E-state index in [0.29, 0.717) is 23.5 Å². The van der Waals surface area contributed by atoms with Crippen LogP contribution in [-0.4, -0.2) is 11.5 Å². The van der Waals surface area contributed by atoms with Crippen LogP contribution in [0.2, 0.25) is 0 Å². The zero-order chi connectivity index (χ0) is 14.5.